The van der Waals surface area contributed by atoms with E-state index < -0.39 is 0 Å². The monoisotopic (exact) mass is 637 g/mol. The summed E-state index contributed by atoms with van der Waals surface area (Å²) in [5, 5.41) is 4.94. The van der Waals surface area contributed by atoms with E-state index in [4.69, 9.17) is 14.6 Å². The normalized spacial score (nSPS) is 17.6. The summed E-state index contributed by atoms with van der Waals surface area (Å²) < 4.78 is 13.2. The number of aromatic nitrogens is 2. The van der Waals surface area contributed by atoms with Gasteiger partial charge >= 0.3 is 0 Å². The SMILES string of the molecule is CC(=O)N1CCN(C(=O)CN2C(=O)CSC(c3ccc4c(c3)OCO4)c3c(-c4ccccc4)nn(-c4ccc(C)cc4C)c32)CC1. The third-order valence-electron chi connectivity index (χ3n) is 8.79. The van der Waals surface area contributed by atoms with Gasteiger partial charge in [0, 0.05) is 44.2 Å². The van der Waals surface area contributed by atoms with Crippen LogP contribution in [0, 0.1) is 13.8 Å². The van der Waals surface area contributed by atoms with Crippen molar-refractivity contribution in [2.75, 3.05) is 50.2 Å². The number of carbonyl (C=O) groups is 3. The molecule has 10 nitrogen and oxygen atoms in total. The quantitative estimate of drug-likeness (QED) is 0.312. The molecule has 1 aromatic heterocycles. The molecule has 7 rings (SSSR count). The van der Waals surface area contributed by atoms with Crippen LogP contribution in [0.25, 0.3) is 16.9 Å². The molecule has 1 fully saturated rings. The molecule has 3 aliphatic heterocycles. The maximum absolute atomic E-state index is 14.2. The lowest BCUT2D eigenvalue weighted by atomic mass is 9.99. The molecule has 1 unspecified atom stereocenters. The molecule has 0 spiro atoms. The number of nitrogens with zero attached hydrogens (tertiary/aromatic N) is 5. The predicted octanol–water partition coefficient (Wildman–Crippen LogP) is 4.74. The van der Waals surface area contributed by atoms with E-state index in [-0.39, 0.29) is 42.1 Å². The summed E-state index contributed by atoms with van der Waals surface area (Å²) in [5.41, 5.74) is 6.41. The van der Waals surface area contributed by atoms with Gasteiger partial charge in [-0.1, -0.05) is 54.1 Å². The van der Waals surface area contributed by atoms with E-state index in [0.29, 0.717) is 43.5 Å². The number of amides is 3. The summed E-state index contributed by atoms with van der Waals surface area (Å²) in [4.78, 5) is 45.1. The first-order valence-corrected chi connectivity index (χ1v) is 16.4. The Morgan fingerprint density at radius 1 is 0.913 bits per heavy atom. The summed E-state index contributed by atoms with van der Waals surface area (Å²) in [5.74, 6) is 1.76. The van der Waals surface area contributed by atoms with E-state index in [1.165, 1.54) is 11.8 Å². The molecule has 3 amide bonds. The largest absolute Gasteiger partial charge is 0.454 e. The second-order valence-electron chi connectivity index (χ2n) is 11.8. The van der Waals surface area contributed by atoms with Gasteiger partial charge in [-0.15, -0.1) is 11.8 Å². The molecule has 1 saturated heterocycles. The first-order valence-electron chi connectivity index (χ1n) is 15.4. The second kappa shape index (κ2) is 12.2. The molecule has 0 N–H and O–H groups in total. The molecule has 0 aliphatic carbocycles. The van der Waals surface area contributed by atoms with Crippen LogP contribution in [0.15, 0.2) is 66.7 Å². The average molecular weight is 638 g/mol. The number of aryl methyl sites for hydroxylation is 2. The van der Waals surface area contributed by atoms with Crippen LogP contribution in [-0.2, 0) is 14.4 Å². The third kappa shape index (κ3) is 5.49. The van der Waals surface area contributed by atoms with Crippen LogP contribution in [0.3, 0.4) is 0 Å². The maximum atomic E-state index is 14.2. The molecule has 236 valence electrons. The summed E-state index contributed by atoms with van der Waals surface area (Å²) >= 11 is 1.52. The summed E-state index contributed by atoms with van der Waals surface area (Å²) in [7, 11) is 0. The van der Waals surface area contributed by atoms with Gasteiger partial charge in [-0.25, -0.2) is 4.68 Å². The molecule has 0 saturated carbocycles. The number of thioether (sulfide) groups is 1. The van der Waals surface area contributed by atoms with Gasteiger partial charge in [0.15, 0.2) is 11.5 Å². The van der Waals surface area contributed by atoms with Gasteiger partial charge in [0.25, 0.3) is 0 Å². The van der Waals surface area contributed by atoms with Crippen LogP contribution in [0.2, 0.25) is 0 Å². The Kier molecular flexibility index (Phi) is 7.94. The van der Waals surface area contributed by atoms with E-state index >= 15 is 0 Å². The zero-order valence-corrected chi connectivity index (χ0v) is 26.9. The minimum absolute atomic E-state index is 0.00293. The van der Waals surface area contributed by atoms with E-state index in [1.807, 2.05) is 79.2 Å². The zero-order valence-electron chi connectivity index (χ0n) is 26.1. The molecular formula is C35H35N5O5S. The van der Waals surface area contributed by atoms with Gasteiger partial charge in [-0.05, 0) is 43.2 Å². The van der Waals surface area contributed by atoms with Crippen molar-refractivity contribution in [3.63, 3.8) is 0 Å². The number of benzene rings is 3. The molecule has 4 heterocycles. The number of fused-ring (bicyclic) bond motifs is 2. The number of ether oxygens (including phenoxy) is 2. The summed E-state index contributed by atoms with van der Waals surface area (Å²) in [6.07, 6.45) is 0. The zero-order chi connectivity index (χ0) is 31.9. The Morgan fingerprint density at radius 2 is 1.65 bits per heavy atom. The minimum Gasteiger partial charge on any atom is -0.454 e. The number of anilines is 1. The molecular weight excluding hydrogens is 602 g/mol. The van der Waals surface area contributed by atoms with Crippen LogP contribution in [0.4, 0.5) is 5.82 Å². The van der Waals surface area contributed by atoms with E-state index in [1.54, 1.807) is 21.6 Å². The Morgan fingerprint density at radius 3 is 2.39 bits per heavy atom. The number of piperazine rings is 1. The highest BCUT2D eigenvalue weighted by Gasteiger charge is 2.39. The van der Waals surface area contributed by atoms with Gasteiger partial charge in [0.1, 0.15) is 12.4 Å². The molecule has 4 aromatic rings. The van der Waals surface area contributed by atoms with E-state index in [9.17, 15) is 14.4 Å². The van der Waals surface area contributed by atoms with Gasteiger partial charge in [0.05, 0.1) is 22.4 Å². The topological polar surface area (TPSA) is 97.2 Å². The van der Waals surface area contributed by atoms with Gasteiger partial charge in [0.2, 0.25) is 24.5 Å². The fourth-order valence-electron chi connectivity index (χ4n) is 6.38. The van der Waals surface area contributed by atoms with Crippen molar-refractivity contribution in [1.29, 1.82) is 0 Å². The Hall–Kier alpha value is -4.77. The van der Waals surface area contributed by atoms with Crippen LogP contribution >= 0.6 is 11.8 Å². The number of carbonyl (C=O) groups excluding carboxylic acids is 3. The highest BCUT2D eigenvalue weighted by molar-refractivity contribution is 8.00. The molecule has 3 aromatic carbocycles. The molecule has 11 heteroatoms. The fourth-order valence-corrected chi connectivity index (χ4v) is 7.57. The molecule has 1 atom stereocenters. The molecule has 3 aliphatic rings. The van der Waals surface area contributed by atoms with Gasteiger partial charge in [-0.3, -0.25) is 19.3 Å². The lowest BCUT2D eigenvalue weighted by Crippen LogP contribution is -2.53. The highest BCUT2D eigenvalue weighted by atomic mass is 32.2. The third-order valence-corrected chi connectivity index (χ3v) is 10.0. The lowest BCUT2D eigenvalue weighted by molar-refractivity contribution is -0.137. The van der Waals surface area contributed by atoms with Gasteiger partial charge in [-0.2, -0.15) is 5.10 Å². The van der Waals surface area contributed by atoms with Crippen molar-refractivity contribution in [1.82, 2.24) is 19.6 Å². The van der Waals surface area contributed by atoms with Crippen molar-refractivity contribution in [3.05, 3.63) is 89.0 Å². The summed E-state index contributed by atoms with van der Waals surface area (Å²) in [6, 6.07) is 22.0. The van der Waals surface area contributed by atoms with Crippen LogP contribution in [-0.4, -0.2) is 82.6 Å². The number of hydrogen-bond donors (Lipinski definition) is 0. The lowest BCUT2D eigenvalue weighted by Gasteiger charge is -2.35. The van der Waals surface area contributed by atoms with Crippen molar-refractivity contribution in [3.8, 4) is 28.4 Å². The van der Waals surface area contributed by atoms with Gasteiger partial charge < -0.3 is 19.3 Å². The minimum atomic E-state index is -0.289. The van der Waals surface area contributed by atoms with Crippen molar-refractivity contribution < 1.29 is 23.9 Å². The van der Waals surface area contributed by atoms with Crippen molar-refractivity contribution >= 4 is 35.3 Å². The Labute approximate surface area is 271 Å². The van der Waals surface area contributed by atoms with E-state index in [0.717, 1.165) is 39.2 Å². The van der Waals surface area contributed by atoms with Crippen molar-refractivity contribution in [2.45, 2.75) is 26.0 Å². The highest BCUT2D eigenvalue weighted by Crippen LogP contribution is 2.50. The second-order valence-corrected chi connectivity index (χ2v) is 12.9. The first-order chi connectivity index (χ1) is 22.3. The van der Waals surface area contributed by atoms with Crippen molar-refractivity contribution in [2.24, 2.45) is 0 Å². The molecule has 46 heavy (non-hydrogen) atoms. The number of rotatable bonds is 5. The average Bonchev–Trinajstić information content (AvgIpc) is 3.66. The molecule has 0 bridgehead atoms. The maximum Gasteiger partial charge on any atom is 0.242 e. The Bertz CT molecular complexity index is 1830. The smallest absolute Gasteiger partial charge is 0.242 e. The molecule has 0 radical (unpaired) electrons. The number of hydrogen-bond acceptors (Lipinski definition) is 7. The van der Waals surface area contributed by atoms with E-state index in [2.05, 4.69) is 6.07 Å². The Balaban J connectivity index is 1.40. The van der Waals surface area contributed by atoms with Crippen LogP contribution < -0.4 is 14.4 Å². The first kappa shape index (κ1) is 29.9. The predicted molar refractivity (Wildman–Crippen MR) is 177 cm³/mol. The fraction of sp³-hybridized carbons (Fsp3) is 0.314. The van der Waals surface area contributed by atoms with Crippen LogP contribution in [0.1, 0.15) is 34.4 Å². The standard InChI is InChI=1S/C35H35N5O5S/c1-22-9-11-27(23(2)17-22)40-35-32(33(36-40)25-7-5-4-6-8-25)34(26-10-12-28-29(18-26)45-21-44-28)46-20-31(43)39(35)19-30(42)38-15-13-37(14-16-38)24(3)41/h4-12,17-18,34H,13-16,19-21H2,1-3H3. The van der Waals surface area contributed by atoms with Crippen LogP contribution in [0.5, 0.6) is 11.5 Å². The summed E-state index contributed by atoms with van der Waals surface area (Å²) in [6.45, 7) is 7.44.